The zero-order valence-electron chi connectivity index (χ0n) is 10.1. The van der Waals surface area contributed by atoms with Crippen LogP contribution in [0.2, 0.25) is 10.0 Å². The molecule has 96 valence electrons. The molecule has 0 fully saturated rings. The van der Waals surface area contributed by atoms with E-state index in [9.17, 15) is 0 Å². The van der Waals surface area contributed by atoms with Crippen LogP contribution in [0.1, 0.15) is 12.5 Å². The van der Waals surface area contributed by atoms with E-state index in [1.165, 1.54) is 0 Å². The van der Waals surface area contributed by atoms with Gasteiger partial charge in [0.15, 0.2) is 0 Å². The van der Waals surface area contributed by atoms with Gasteiger partial charge in [-0.05, 0) is 24.6 Å². The summed E-state index contributed by atoms with van der Waals surface area (Å²) in [7, 11) is 0. The Kier molecular flexibility index (Phi) is 4.64. The number of rotatable bonds is 5. The predicted octanol–water partition coefficient (Wildman–Crippen LogP) is 3.37. The van der Waals surface area contributed by atoms with E-state index in [0.717, 1.165) is 12.1 Å². The van der Waals surface area contributed by atoms with Crippen molar-refractivity contribution < 1.29 is 0 Å². The van der Waals surface area contributed by atoms with Crippen molar-refractivity contribution in [3.8, 4) is 0 Å². The van der Waals surface area contributed by atoms with Crippen LogP contribution in [-0.4, -0.2) is 15.8 Å². The number of benzene rings is 1. The fraction of sp³-hybridized carbons (Fsp3) is 0.308. The van der Waals surface area contributed by atoms with Gasteiger partial charge in [0.05, 0.1) is 16.6 Å². The van der Waals surface area contributed by atoms with Gasteiger partial charge in [-0.2, -0.15) is 5.10 Å². The lowest BCUT2D eigenvalue weighted by Gasteiger charge is -2.14. The Morgan fingerprint density at radius 2 is 2.17 bits per heavy atom. The van der Waals surface area contributed by atoms with Gasteiger partial charge in [-0.15, -0.1) is 0 Å². The summed E-state index contributed by atoms with van der Waals surface area (Å²) in [5, 5.41) is 8.79. The first-order valence-corrected chi connectivity index (χ1v) is 6.56. The SMILES string of the molecule is CC(Cn1cccn1)NCc1cccc(Cl)c1Cl. The highest BCUT2D eigenvalue weighted by Gasteiger charge is 2.07. The van der Waals surface area contributed by atoms with Crippen LogP contribution in [0, 0.1) is 0 Å². The van der Waals surface area contributed by atoms with E-state index in [4.69, 9.17) is 23.2 Å². The van der Waals surface area contributed by atoms with Gasteiger partial charge >= 0.3 is 0 Å². The number of nitrogens with one attached hydrogen (secondary N) is 1. The molecule has 1 atom stereocenters. The van der Waals surface area contributed by atoms with Crippen LogP contribution >= 0.6 is 23.2 Å². The molecule has 0 bridgehead atoms. The first kappa shape index (κ1) is 13.4. The van der Waals surface area contributed by atoms with Gasteiger partial charge in [-0.1, -0.05) is 35.3 Å². The standard InChI is InChI=1S/C13H15Cl2N3/c1-10(9-18-7-3-6-17-18)16-8-11-4-2-5-12(14)13(11)15/h2-7,10,16H,8-9H2,1H3. The third-order valence-corrected chi connectivity index (χ3v) is 3.55. The van der Waals surface area contributed by atoms with Gasteiger partial charge in [-0.3, -0.25) is 4.68 Å². The molecule has 0 aliphatic rings. The molecule has 2 aromatic rings. The minimum atomic E-state index is 0.306. The van der Waals surface area contributed by atoms with Crippen molar-refractivity contribution in [1.29, 1.82) is 0 Å². The van der Waals surface area contributed by atoms with Crippen molar-refractivity contribution in [2.75, 3.05) is 0 Å². The topological polar surface area (TPSA) is 29.9 Å². The van der Waals surface area contributed by atoms with Crippen LogP contribution in [0.15, 0.2) is 36.7 Å². The molecule has 18 heavy (non-hydrogen) atoms. The van der Waals surface area contributed by atoms with Crippen molar-refractivity contribution in [1.82, 2.24) is 15.1 Å². The highest BCUT2D eigenvalue weighted by molar-refractivity contribution is 6.42. The number of nitrogens with zero attached hydrogens (tertiary/aromatic N) is 2. The van der Waals surface area contributed by atoms with Gasteiger partial charge in [0.2, 0.25) is 0 Å². The summed E-state index contributed by atoms with van der Waals surface area (Å²) in [5.74, 6) is 0. The van der Waals surface area contributed by atoms with Crippen molar-refractivity contribution in [3.05, 3.63) is 52.3 Å². The highest BCUT2D eigenvalue weighted by atomic mass is 35.5. The van der Waals surface area contributed by atoms with E-state index in [1.807, 2.05) is 29.1 Å². The quantitative estimate of drug-likeness (QED) is 0.912. The minimum absolute atomic E-state index is 0.306. The Morgan fingerprint density at radius 1 is 1.33 bits per heavy atom. The second kappa shape index (κ2) is 6.23. The summed E-state index contributed by atoms with van der Waals surface area (Å²) in [4.78, 5) is 0. The third kappa shape index (κ3) is 3.48. The zero-order valence-corrected chi connectivity index (χ0v) is 11.6. The molecule has 1 aromatic heterocycles. The van der Waals surface area contributed by atoms with Gasteiger partial charge in [0.1, 0.15) is 0 Å². The highest BCUT2D eigenvalue weighted by Crippen LogP contribution is 2.25. The van der Waals surface area contributed by atoms with E-state index in [-0.39, 0.29) is 0 Å². The molecule has 2 rings (SSSR count). The Morgan fingerprint density at radius 3 is 2.89 bits per heavy atom. The van der Waals surface area contributed by atoms with Crippen molar-refractivity contribution in [2.24, 2.45) is 0 Å². The first-order valence-electron chi connectivity index (χ1n) is 5.80. The van der Waals surface area contributed by atoms with Crippen LogP contribution in [0.5, 0.6) is 0 Å². The molecular formula is C13H15Cl2N3. The van der Waals surface area contributed by atoms with E-state index in [1.54, 1.807) is 12.3 Å². The molecule has 0 aliphatic carbocycles. The smallest absolute Gasteiger partial charge is 0.0637 e. The Bertz CT molecular complexity index is 497. The number of aromatic nitrogens is 2. The molecule has 1 heterocycles. The number of hydrogen-bond donors (Lipinski definition) is 1. The maximum Gasteiger partial charge on any atom is 0.0637 e. The van der Waals surface area contributed by atoms with Crippen LogP contribution in [0.25, 0.3) is 0 Å². The van der Waals surface area contributed by atoms with E-state index >= 15 is 0 Å². The number of hydrogen-bond acceptors (Lipinski definition) is 2. The lowest BCUT2D eigenvalue weighted by molar-refractivity contribution is 0.451. The fourth-order valence-corrected chi connectivity index (χ4v) is 2.11. The maximum absolute atomic E-state index is 6.13. The Balaban J connectivity index is 1.89. The molecule has 5 heteroatoms. The van der Waals surface area contributed by atoms with Gasteiger partial charge in [0.25, 0.3) is 0 Å². The molecule has 0 aliphatic heterocycles. The lowest BCUT2D eigenvalue weighted by atomic mass is 10.2. The summed E-state index contributed by atoms with van der Waals surface area (Å²) in [5.41, 5.74) is 1.01. The lowest BCUT2D eigenvalue weighted by Crippen LogP contribution is -2.30. The molecule has 3 nitrogen and oxygen atoms in total. The van der Waals surface area contributed by atoms with E-state index < -0.39 is 0 Å². The van der Waals surface area contributed by atoms with Crippen LogP contribution in [0.3, 0.4) is 0 Å². The monoisotopic (exact) mass is 283 g/mol. The van der Waals surface area contributed by atoms with Crippen molar-refractivity contribution in [3.63, 3.8) is 0 Å². The van der Waals surface area contributed by atoms with Gasteiger partial charge in [0, 0.05) is 25.0 Å². The molecule has 0 saturated heterocycles. The van der Waals surface area contributed by atoms with E-state index in [0.29, 0.717) is 22.6 Å². The van der Waals surface area contributed by atoms with Crippen LogP contribution < -0.4 is 5.32 Å². The molecule has 0 spiro atoms. The van der Waals surface area contributed by atoms with Crippen LogP contribution in [-0.2, 0) is 13.1 Å². The molecule has 1 aromatic carbocycles. The molecule has 1 N–H and O–H groups in total. The number of halogens is 2. The normalized spacial score (nSPS) is 12.6. The molecule has 1 unspecified atom stereocenters. The minimum Gasteiger partial charge on any atom is -0.308 e. The fourth-order valence-electron chi connectivity index (χ4n) is 1.72. The average Bonchev–Trinajstić information content (AvgIpc) is 2.84. The van der Waals surface area contributed by atoms with E-state index in [2.05, 4.69) is 17.3 Å². The van der Waals surface area contributed by atoms with Gasteiger partial charge in [-0.25, -0.2) is 0 Å². The summed E-state index contributed by atoms with van der Waals surface area (Å²) in [6.07, 6.45) is 3.73. The predicted molar refractivity (Wildman–Crippen MR) is 75.0 cm³/mol. The summed E-state index contributed by atoms with van der Waals surface area (Å²) >= 11 is 12.1. The Labute approximate surface area is 117 Å². The molecular weight excluding hydrogens is 269 g/mol. The van der Waals surface area contributed by atoms with Crippen molar-refractivity contribution >= 4 is 23.2 Å². The second-order valence-corrected chi connectivity index (χ2v) is 5.01. The summed E-state index contributed by atoms with van der Waals surface area (Å²) in [6, 6.07) is 7.90. The average molecular weight is 284 g/mol. The maximum atomic E-state index is 6.13. The van der Waals surface area contributed by atoms with Gasteiger partial charge < -0.3 is 5.32 Å². The largest absolute Gasteiger partial charge is 0.308 e. The van der Waals surface area contributed by atoms with Crippen LogP contribution in [0.4, 0.5) is 0 Å². The second-order valence-electron chi connectivity index (χ2n) is 4.22. The molecule has 0 amide bonds. The summed E-state index contributed by atoms with van der Waals surface area (Å²) < 4.78 is 1.90. The zero-order chi connectivity index (χ0) is 13.0. The Hall–Kier alpha value is -1.03. The van der Waals surface area contributed by atoms with Crippen molar-refractivity contribution in [2.45, 2.75) is 26.1 Å². The molecule has 0 radical (unpaired) electrons. The first-order chi connectivity index (χ1) is 8.66. The third-order valence-electron chi connectivity index (χ3n) is 2.69. The summed E-state index contributed by atoms with van der Waals surface area (Å²) in [6.45, 7) is 3.63. The molecule has 0 saturated carbocycles.